The van der Waals surface area contributed by atoms with Gasteiger partial charge in [0.05, 0.1) is 6.61 Å². The molecule has 3 aromatic rings. The summed E-state index contributed by atoms with van der Waals surface area (Å²) in [4.78, 5) is 0. The molecular formula is C21H26N3O2Si. The maximum atomic E-state index is 6.31. The molecule has 0 fully saturated rings. The first-order valence-corrected chi connectivity index (χ1v) is 10.5. The van der Waals surface area contributed by atoms with Crippen LogP contribution in [0.1, 0.15) is 44.2 Å². The van der Waals surface area contributed by atoms with Crippen molar-refractivity contribution in [1.82, 2.24) is 10.2 Å². The molecule has 0 bridgehead atoms. The largest absolute Gasteiger partial charge is 0.424 e. The van der Waals surface area contributed by atoms with E-state index in [0.29, 0.717) is 18.4 Å². The Morgan fingerprint density at radius 3 is 2.19 bits per heavy atom. The number of benzene rings is 2. The molecule has 0 amide bonds. The second kappa shape index (κ2) is 8.16. The maximum Gasteiger partial charge on any atom is 0.282 e. The topological polar surface area (TPSA) is 74.2 Å². The molecule has 1 unspecified atom stereocenters. The van der Waals surface area contributed by atoms with E-state index in [-0.39, 0.29) is 5.41 Å². The number of rotatable bonds is 6. The van der Waals surface area contributed by atoms with Crippen LogP contribution in [-0.2, 0) is 9.84 Å². The lowest BCUT2D eigenvalue weighted by Gasteiger charge is -2.21. The van der Waals surface area contributed by atoms with E-state index in [4.69, 9.17) is 14.6 Å². The molecule has 2 N–H and O–H groups in total. The molecule has 1 aromatic heterocycles. The van der Waals surface area contributed by atoms with Crippen LogP contribution in [0.4, 0.5) is 0 Å². The highest BCUT2D eigenvalue weighted by atomic mass is 28.3. The van der Waals surface area contributed by atoms with E-state index in [9.17, 15) is 0 Å². The Morgan fingerprint density at radius 1 is 1.00 bits per heavy atom. The number of nitrogens with zero attached hydrogens (tertiary/aromatic N) is 2. The summed E-state index contributed by atoms with van der Waals surface area (Å²) in [5.74, 6) is 0.914. The SMILES string of the molecule is Cc1nnc(C(N)CO[Si](c2ccccc2)c2ccc(C(C)(C)C)cc2)o1. The van der Waals surface area contributed by atoms with Gasteiger partial charge < -0.3 is 14.6 Å². The van der Waals surface area contributed by atoms with Crippen LogP contribution in [0.5, 0.6) is 0 Å². The summed E-state index contributed by atoms with van der Waals surface area (Å²) in [6.45, 7) is 8.72. The highest BCUT2D eigenvalue weighted by Gasteiger charge is 2.23. The van der Waals surface area contributed by atoms with Crippen LogP contribution in [0.2, 0.25) is 0 Å². The predicted molar refractivity (Wildman–Crippen MR) is 109 cm³/mol. The summed E-state index contributed by atoms with van der Waals surface area (Å²) >= 11 is 0. The molecule has 3 rings (SSSR count). The fraction of sp³-hybridized carbons (Fsp3) is 0.333. The van der Waals surface area contributed by atoms with E-state index in [2.05, 4.69) is 67.4 Å². The lowest BCUT2D eigenvalue weighted by molar-refractivity contribution is 0.276. The van der Waals surface area contributed by atoms with E-state index in [1.54, 1.807) is 6.92 Å². The number of hydrogen-bond acceptors (Lipinski definition) is 5. The van der Waals surface area contributed by atoms with Gasteiger partial charge in [0.2, 0.25) is 11.8 Å². The van der Waals surface area contributed by atoms with Gasteiger partial charge in [-0.15, -0.1) is 10.2 Å². The van der Waals surface area contributed by atoms with Gasteiger partial charge in [-0.1, -0.05) is 75.4 Å². The summed E-state index contributed by atoms with van der Waals surface area (Å²) in [5.41, 5.74) is 7.62. The molecule has 0 aliphatic rings. The van der Waals surface area contributed by atoms with Crippen LogP contribution in [0.15, 0.2) is 59.0 Å². The van der Waals surface area contributed by atoms with Crippen molar-refractivity contribution in [2.24, 2.45) is 5.73 Å². The van der Waals surface area contributed by atoms with E-state index in [1.807, 2.05) is 18.2 Å². The van der Waals surface area contributed by atoms with Gasteiger partial charge in [-0.25, -0.2) is 0 Å². The number of aryl methyl sites for hydroxylation is 1. The second-order valence-electron chi connectivity index (χ2n) is 7.60. The first-order valence-electron chi connectivity index (χ1n) is 9.06. The zero-order valence-electron chi connectivity index (χ0n) is 16.3. The van der Waals surface area contributed by atoms with Crippen LogP contribution < -0.4 is 16.1 Å². The molecule has 141 valence electrons. The fourth-order valence-corrected chi connectivity index (χ4v) is 4.73. The molecule has 1 heterocycles. The van der Waals surface area contributed by atoms with E-state index in [0.717, 1.165) is 0 Å². The van der Waals surface area contributed by atoms with Crippen molar-refractivity contribution in [3.05, 3.63) is 71.9 Å². The Labute approximate surface area is 162 Å². The monoisotopic (exact) mass is 380 g/mol. The summed E-state index contributed by atoms with van der Waals surface area (Å²) in [7, 11) is -1.43. The Kier molecular flexibility index (Phi) is 5.89. The summed E-state index contributed by atoms with van der Waals surface area (Å²) in [5, 5.41) is 10.2. The molecule has 0 saturated heterocycles. The normalized spacial score (nSPS) is 13.1. The fourth-order valence-electron chi connectivity index (χ4n) is 2.75. The maximum absolute atomic E-state index is 6.31. The minimum Gasteiger partial charge on any atom is -0.424 e. The summed E-state index contributed by atoms with van der Waals surface area (Å²) < 4.78 is 11.7. The van der Waals surface area contributed by atoms with Crippen molar-refractivity contribution in [3.63, 3.8) is 0 Å². The second-order valence-corrected chi connectivity index (χ2v) is 9.70. The molecule has 5 nitrogen and oxygen atoms in total. The van der Waals surface area contributed by atoms with Gasteiger partial charge in [-0.2, -0.15) is 0 Å². The number of aromatic nitrogens is 2. The highest BCUT2D eigenvalue weighted by molar-refractivity contribution is 6.80. The lowest BCUT2D eigenvalue weighted by atomic mass is 9.87. The zero-order chi connectivity index (χ0) is 19.4. The Bertz CT molecular complexity index is 857. The van der Waals surface area contributed by atoms with Gasteiger partial charge in [-0.05, 0) is 21.4 Å². The lowest BCUT2D eigenvalue weighted by Crippen LogP contribution is -2.46. The van der Waals surface area contributed by atoms with Crippen LogP contribution >= 0.6 is 0 Å². The third-order valence-corrected chi connectivity index (χ3v) is 6.49. The smallest absolute Gasteiger partial charge is 0.282 e. The molecule has 6 heteroatoms. The molecule has 1 radical (unpaired) electrons. The van der Waals surface area contributed by atoms with Gasteiger partial charge >= 0.3 is 0 Å². The van der Waals surface area contributed by atoms with Crippen molar-refractivity contribution in [2.75, 3.05) is 6.61 Å². The summed E-state index contributed by atoms with van der Waals surface area (Å²) in [6.07, 6.45) is 0. The van der Waals surface area contributed by atoms with Crippen molar-refractivity contribution in [2.45, 2.75) is 39.2 Å². The van der Waals surface area contributed by atoms with Crippen LogP contribution in [-0.4, -0.2) is 25.8 Å². The molecule has 0 saturated carbocycles. The van der Waals surface area contributed by atoms with Gasteiger partial charge in [-0.3, -0.25) is 0 Å². The van der Waals surface area contributed by atoms with Gasteiger partial charge in [0.1, 0.15) is 6.04 Å². The van der Waals surface area contributed by atoms with Crippen LogP contribution in [0.3, 0.4) is 0 Å². The van der Waals surface area contributed by atoms with E-state index >= 15 is 0 Å². The van der Waals surface area contributed by atoms with E-state index < -0.39 is 15.1 Å². The van der Waals surface area contributed by atoms with Crippen molar-refractivity contribution < 1.29 is 8.84 Å². The highest BCUT2D eigenvalue weighted by Crippen LogP contribution is 2.20. The molecule has 2 aromatic carbocycles. The molecule has 0 aliphatic carbocycles. The molecule has 27 heavy (non-hydrogen) atoms. The molecule has 1 atom stereocenters. The van der Waals surface area contributed by atoms with Crippen LogP contribution in [0.25, 0.3) is 0 Å². The third-order valence-electron chi connectivity index (χ3n) is 4.32. The van der Waals surface area contributed by atoms with E-state index in [1.165, 1.54) is 15.9 Å². The number of hydrogen-bond donors (Lipinski definition) is 1. The average Bonchev–Trinajstić information content (AvgIpc) is 3.09. The van der Waals surface area contributed by atoms with Crippen LogP contribution in [0, 0.1) is 6.92 Å². The third kappa shape index (κ3) is 4.91. The molecule has 0 aliphatic heterocycles. The predicted octanol–water partition coefficient (Wildman–Crippen LogP) is 2.50. The zero-order valence-corrected chi connectivity index (χ0v) is 17.3. The Hall–Kier alpha value is -2.28. The standard InChI is InChI=1S/C21H26N3O2Si/c1-15-23-24-20(26-15)19(22)14-25-27(17-8-6-5-7-9-17)18-12-10-16(11-13-18)21(2,3)4/h5-13,19H,14,22H2,1-4H3. The first-order chi connectivity index (χ1) is 12.8. The average molecular weight is 381 g/mol. The Balaban J connectivity index is 1.81. The molecule has 0 spiro atoms. The van der Waals surface area contributed by atoms with Gasteiger partial charge in [0.25, 0.3) is 9.04 Å². The first kappa shape index (κ1) is 19.5. The molecular weight excluding hydrogens is 354 g/mol. The minimum absolute atomic E-state index is 0.122. The van der Waals surface area contributed by atoms with Crippen molar-refractivity contribution >= 4 is 19.4 Å². The van der Waals surface area contributed by atoms with Gasteiger partial charge in [0.15, 0.2) is 0 Å². The quantitative estimate of drug-likeness (QED) is 0.665. The summed E-state index contributed by atoms with van der Waals surface area (Å²) in [6, 6.07) is 18.6. The van der Waals surface area contributed by atoms with Crippen molar-refractivity contribution in [1.29, 1.82) is 0 Å². The van der Waals surface area contributed by atoms with Crippen molar-refractivity contribution in [3.8, 4) is 0 Å². The Morgan fingerprint density at radius 2 is 1.63 bits per heavy atom. The van der Waals surface area contributed by atoms with Gasteiger partial charge in [0, 0.05) is 6.92 Å². The number of nitrogens with two attached hydrogens (primary N) is 1. The minimum atomic E-state index is -1.43.